The molecule has 0 aromatic rings. The summed E-state index contributed by atoms with van der Waals surface area (Å²) in [6.45, 7) is 8.50. The van der Waals surface area contributed by atoms with Crippen molar-refractivity contribution < 1.29 is 4.74 Å². The Morgan fingerprint density at radius 1 is 1.47 bits per heavy atom. The van der Waals surface area contributed by atoms with Crippen molar-refractivity contribution in [2.45, 2.75) is 33.2 Å². The molecule has 0 heterocycles. The van der Waals surface area contributed by atoms with E-state index in [1.165, 1.54) is 0 Å². The summed E-state index contributed by atoms with van der Waals surface area (Å²) < 4.78 is 5.24. The largest absolute Gasteiger partial charge is 0.382 e. The van der Waals surface area contributed by atoms with E-state index in [-0.39, 0.29) is 0 Å². The minimum Gasteiger partial charge on any atom is -0.382 e. The Labute approximate surface area is 109 Å². The molecule has 0 aliphatic rings. The van der Waals surface area contributed by atoms with Gasteiger partial charge in [0.15, 0.2) is 0 Å². The van der Waals surface area contributed by atoms with Crippen molar-refractivity contribution in [1.82, 2.24) is 10.7 Å². The van der Waals surface area contributed by atoms with Crippen molar-refractivity contribution in [1.29, 1.82) is 0 Å². The van der Waals surface area contributed by atoms with E-state index in [9.17, 15) is 0 Å². The lowest BCUT2D eigenvalue weighted by Crippen LogP contribution is -2.46. The molecule has 0 aliphatic carbocycles. The van der Waals surface area contributed by atoms with Crippen LogP contribution in [0.15, 0.2) is 4.99 Å². The van der Waals surface area contributed by atoms with Crippen LogP contribution in [0.25, 0.3) is 0 Å². The van der Waals surface area contributed by atoms with Gasteiger partial charge in [0.1, 0.15) is 0 Å². The quantitative estimate of drug-likeness (QED) is 0.190. The van der Waals surface area contributed by atoms with Crippen molar-refractivity contribution in [3.63, 3.8) is 0 Å². The van der Waals surface area contributed by atoms with Crippen LogP contribution in [0.1, 0.15) is 27.2 Å². The van der Waals surface area contributed by atoms with Gasteiger partial charge in [0.05, 0.1) is 0 Å². The van der Waals surface area contributed by atoms with Crippen LogP contribution in [-0.4, -0.2) is 43.3 Å². The fourth-order valence-corrected chi connectivity index (χ4v) is 1.88. The Morgan fingerprint density at radius 2 is 2.24 bits per heavy atom. The zero-order valence-corrected chi connectivity index (χ0v) is 12.0. The molecule has 5 nitrogen and oxygen atoms in total. The van der Waals surface area contributed by atoms with E-state index in [1.54, 1.807) is 0 Å². The molecular formula is C11H26N4OS. The van der Waals surface area contributed by atoms with Gasteiger partial charge in [-0.15, -0.1) is 0 Å². The molecule has 17 heavy (non-hydrogen) atoms. The van der Waals surface area contributed by atoms with Gasteiger partial charge in [0.2, 0.25) is 5.96 Å². The molecule has 102 valence electrons. The van der Waals surface area contributed by atoms with Gasteiger partial charge in [-0.2, -0.15) is 11.8 Å². The van der Waals surface area contributed by atoms with Crippen LogP contribution in [0.2, 0.25) is 0 Å². The van der Waals surface area contributed by atoms with Gasteiger partial charge in [-0.3, -0.25) is 10.4 Å². The average Bonchev–Trinajstić information content (AvgIpc) is 2.34. The van der Waals surface area contributed by atoms with E-state index >= 15 is 0 Å². The molecule has 1 atom stereocenters. The lowest BCUT2D eigenvalue weighted by Gasteiger charge is -2.15. The van der Waals surface area contributed by atoms with Gasteiger partial charge in [0, 0.05) is 31.6 Å². The fourth-order valence-electron chi connectivity index (χ4n) is 1.20. The van der Waals surface area contributed by atoms with Gasteiger partial charge in [-0.05, 0) is 26.0 Å². The highest BCUT2D eigenvalue weighted by Crippen LogP contribution is 2.00. The van der Waals surface area contributed by atoms with Crippen LogP contribution in [0.3, 0.4) is 0 Å². The van der Waals surface area contributed by atoms with Crippen LogP contribution in [0, 0.1) is 0 Å². The van der Waals surface area contributed by atoms with Crippen LogP contribution in [0.5, 0.6) is 0 Å². The molecule has 0 bridgehead atoms. The zero-order chi connectivity index (χ0) is 12.9. The Balaban J connectivity index is 3.75. The van der Waals surface area contributed by atoms with E-state index in [1.807, 2.05) is 18.7 Å². The maximum Gasteiger partial charge on any atom is 0.205 e. The number of ether oxygens (including phenoxy) is 1. The van der Waals surface area contributed by atoms with Crippen molar-refractivity contribution in [3.05, 3.63) is 0 Å². The predicted octanol–water partition coefficient (Wildman–Crippen LogP) is 0.964. The second kappa shape index (κ2) is 12.0. The number of thioether (sulfide) groups is 1. The second-order valence-corrected chi connectivity index (χ2v) is 4.95. The summed E-state index contributed by atoms with van der Waals surface area (Å²) in [5.41, 5.74) is 2.59. The molecule has 0 aliphatic heterocycles. The third kappa shape index (κ3) is 10.4. The van der Waals surface area contributed by atoms with Crippen molar-refractivity contribution in [2.24, 2.45) is 10.8 Å². The Hall–Kier alpha value is -0.460. The fraction of sp³-hybridized carbons (Fsp3) is 0.909. The molecule has 0 fully saturated rings. The van der Waals surface area contributed by atoms with E-state index < -0.39 is 0 Å². The number of nitrogens with two attached hydrogens (primary N) is 1. The smallest absolute Gasteiger partial charge is 0.205 e. The van der Waals surface area contributed by atoms with Crippen molar-refractivity contribution in [2.75, 3.05) is 31.3 Å². The maximum atomic E-state index is 5.41. The topological polar surface area (TPSA) is 71.7 Å². The second-order valence-electron chi connectivity index (χ2n) is 3.63. The first-order valence-electron chi connectivity index (χ1n) is 6.17. The zero-order valence-electron chi connectivity index (χ0n) is 11.2. The number of hydrogen-bond donors (Lipinski definition) is 3. The highest BCUT2D eigenvalue weighted by Gasteiger charge is 2.03. The SMILES string of the molecule is CCOCCCN=C(NN)NC(C)CSCC. The lowest BCUT2D eigenvalue weighted by molar-refractivity contribution is 0.146. The first-order valence-corrected chi connectivity index (χ1v) is 7.33. The molecule has 0 rings (SSSR count). The highest BCUT2D eigenvalue weighted by atomic mass is 32.2. The Bertz CT molecular complexity index is 202. The Morgan fingerprint density at radius 3 is 2.82 bits per heavy atom. The van der Waals surface area contributed by atoms with Gasteiger partial charge in [0.25, 0.3) is 0 Å². The molecule has 0 radical (unpaired) electrons. The first-order chi connectivity index (χ1) is 8.24. The van der Waals surface area contributed by atoms with E-state index in [0.29, 0.717) is 12.0 Å². The van der Waals surface area contributed by atoms with Crippen LogP contribution >= 0.6 is 11.8 Å². The van der Waals surface area contributed by atoms with Crippen LogP contribution in [-0.2, 0) is 4.74 Å². The summed E-state index contributed by atoms with van der Waals surface area (Å²) >= 11 is 1.90. The van der Waals surface area contributed by atoms with Gasteiger partial charge in [-0.25, -0.2) is 5.84 Å². The summed E-state index contributed by atoms with van der Waals surface area (Å²) in [6.07, 6.45) is 0.915. The predicted molar refractivity (Wildman–Crippen MR) is 76.3 cm³/mol. The molecule has 0 aromatic heterocycles. The van der Waals surface area contributed by atoms with E-state index in [0.717, 1.165) is 37.7 Å². The number of rotatable bonds is 9. The summed E-state index contributed by atoms with van der Waals surface area (Å²) in [7, 11) is 0. The minimum absolute atomic E-state index is 0.363. The van der Waals surface area contributed by atoms with Crippen LogP contribution < -0.4 is 16.6 Å². The average molecular weight is 262 g/mol. The van der Waals surface area contributed by atoms with Gasteiger partial charge in [-0.1, -0.05) is 6.92 Å². The summed E-state index contributed by atoms with van der Waals surface area (Å²) in [4.78, 5) is 4.34. The van der Waals surface area contributed by atoms with Gasteiger partial charge >= 0.3 is 0 Å². The molecule has 1 unspecified atom stereocenters. The molecule has 0 amide bonds. The number of hydrazine groups is 1. The third-order valence-corrected chi connectivity index (χ3v) is 3.16. The molecule has 0 saturated heterocycles. The molecule has 0 spiro atoms. The number of aliphatic imine (C=N–C) groups is 1. The third-order valence-electron chi connectivity index (χ3n) is 2.01. The monoisotopic (exact) mass is 262 g/mol. The number of hydrogen-bond acceptors (Lipinski definition) is 4. The van der Waals surface area contributed by atoms with Crippen molar-refractivity contribution in [3.8, 4) is 0 Å². The highest BCUT2D eigenvalue weighted by molar-refractivity contribution is 7.99. The molecule has 6 heteroatoms. The standard InChI is InChI=1S/C11H26N4OS/c1-4-16-8-6-7-13-11(15-12)14-10(3)9-17-5-2/h10H,4-9,12H2,1-3H3,(H2,13,14,15). The first kappa shape index (κ1) is 16.5. The van der Waals surface area contributed by atoms with E-state index in [2.05, 4.69) is 29.6 Å². The minimum atomic E-state index is 0.363. The van der Waals surface area contributed by atoms with Crippen molar-refractivity contribution >= 4 is 17.7 Å². The molecule has 0 saturated carbocycles. The number of guanidine groups is 1. The Kier molecular flexibility index (Phi) is 11.7. The molecular weight excluding hydrogens is 236 g/mol. The lowest BCUT2D eigenvalue weighted by atomic mass is 10.4. The van der Waals surface area contributed by atoms with E-state index in [4.69, 9.17) is 10.6 Å². The molecule has 0 aromatic carbocycles. The number of nitrogens with zero attached hydrogens (tertiary/aromatic N) is 1. The normalized spacial score (nSPS) is 13.5. The molecule has 4 N–H and O–H groups in total. The summed E-state index contributed by atoms with van der Waals surface area (Å²) in [6, 6.07) is 0.363. The van der Waals surface area contributed by atoms with Gasteiger partial charge < -0.3 is 10.1 Å². The number of nitrogens with one attached hydrogen (secondary N) is 2. The van der Waals surface area contributed by atoms with Crippen LogP contribution in [0.4, 0.5) is 0 Å². The maximum absolute atomic E-state index is 5.41. The summed E-state index contributed by atoms with van der Waals surface area (Å²) in [5.74, 6) is 8.25. The summed E-state index contributed by atoms with van der Waals surface area (Å²) in [5, 5.41) is 3.24.